The largest absolute Gasteiger partial charge is 0.311 e. The van der Waals surface area contributed by atoms with Crippen molar-refractivity contribution < 1.29 is 0 Å². The molecule has 2 aromatic rings. The number of aromatic nitrogens is 4. The highest BCUT2D eigenvalue weighted by Gasteiger charge is 2.26. The lowest BCUT2D eigenvalue weighted by Gasteiger charge is -2.28. The van der Waals surface area contributed by atoms with E-state index in [1.807, 2.05) is 18.7 Å². The Kier molecular flexibility index (Phi) is 4.39. The normalized spacial score (nSPS) is 15.6. The van der Waals surface area contributed by atoms with Crippen LogP contribution in [0.1, 0.15) is 58.4 Å². The summed E-state index contributed by atoms with van der Waals surface area (Å²) in [7, 11) is 1.99. The van der Waals surface area contributed by atoms with Gasteiger partial charge in [0.05, 0.1) is 11.1 Å². The van der Waals surface area contributed by atoms with E-state index in [-0.39, 0.29) is 10.8 Å². The number of imidazole rings is 1. The van der Waals surface area contributed by atoms with E-state index in [4.69, 9.17) is 16.6 Å². The molecule has 2 rings (SSSR count). The number of nitrogens with zero attached hydrogens (tertiary/aromatic N) is 4. The van der Waals surface area contributed by atoms with E-state index in [0.29, 0.717) is 5.92 Å². The van der Waals surface area contributed by atoms with Crippen LogP contribution in [0.3, 0.4) is 0 Å². The van der Waals surface area contributed by atoms with Gasteiger partial charge in [-0.05, 0) is 24.7 Å². The van der Waals surface area contributed by atoms with Crippen LogP contribution in [-0.4, -0.2) is 19.3 Å². The van der Waals surface area contributed by atoms with Crippen molar-refractivity contribution in [2.75, 3.05) is 0 Å². The summed E-state index contributed by atoms with van der Waals surface area (Å²) < 4.78 is 4.20. The molecule has 0 bridgehead atoms. The van der Waals surface area contributed by atoms with Crippen molar-refractivity contribution in [2.45, 2.75) is 59.9 Å². The Labute approximate surface area is 132 Å². The van der Waals surface area contributed by atoms with Gasteiger partial charge in [0.2, 0.25) is 0 Å². The first kappa shape index (κ1) is 16.3. The third kappa shape index (κ3) is 2.96. The van der Waals surface area contributed by atoms with Crippen molar-refractivity contribution in [2.24, 2.45) is 18.4 Å². The van der Waals surface area contributed by atoms with Crippen LogP contribution in [-0.2, 0) is 20.0 Å². The van der Waals surface area contributed by atoms with Crippen molar-refractivity contribution in [3.63, 3.8) is 0 Å². The van der Waals surface area contributed by atoms with Crippen molar-refractivity contribution in [1.29, 1.82) is 0 Å². The molecule has 21 heavy (non-hydrogen) atoms. The summed E-state index contributed by atoms with van der Waals surface area (Å²) in [6, 6.07) is 0. The second kappa shape index (κ2) is 5.64. The fourth-order valence-corrected chi connectivity index (χ4v) is 2.69. The molecule has 5 heteroatoms. The van der Waals surface area contributed by atoms with Gasteiger partial charge >= 0.3 is 0 Å². The lowest BCUT2D eigenvalue weighted by Crippen LogP contribution is -2.24. The summed E-state index contributed by atoms with van der Waals surface area (Å²) in [5.41, 5.74) is 3.39. The number of fused-ring (bicyclic) bond motifs is 1. The Morgan fingerprint density at radius 3 is 2.33 bits per heavy atom. The molecule has 0 aliphatic rings. The molecule has 0 amide bonds. The van der Waals surface area contributed by atoms with Gasteiger partial charge in [-0.3, -0.25) is 4.68 Å². The molecule has 4 nitrogen and oxygen atoms in total. The molecular formula is C16H27ClN4. The molecule has 0 aromatic carbocycles. The topological polar surface area (TPSA) is 35.6 Å². The van der Waals surface area contributed by atoms with Crippen molar-refractivity contribution in [3.8, 4) is 0 Å². The van der Waals surface area contributed by atoms with Crippen LogP contribution < -0.4 is 0 Å². The van der Waals surface area contributed by atoms with Crippen molar-refractivity contribution in [1.82, 2.24) is 19.3 Å². The maximum absolute atomic E-state index is 6.37. The van der Waals surface area contributed by atoms with Crippen LogP contribution in [0.2, 0.25) is 0 Å². The Balaban J connectivity index is 2.59. The van der Waals surface area contributed by atoms with Gasteiger partial charge in [-0.15, -0.1) is 11.6 Å². The number of alkyl halides is 1. The third-order valence-corrected chi connectivity index (χ3v) is 4.64. The van der Waals surface area contributed by atoms with Gasteiger partial charge in [-0.1, -0.05) is 34.6 Å². The molecule has 0 fully saturated rings. The van der Waals surface area contributed by atoms with Gasteiger partial charge in [-0.2, -0.15) is 5.10 Å². The van der Waals surface area contributed by atoms with Crippen LogP contribution in [0.25, 0.3) is 11.2 Å². The number of aryl methyl sites for hydroxylation is 2. The Hall–Kier alpha value is -1.03. The molecule has 118 valence electrons. The predicted octanol–water partition coefficient (Wildman–Crippen LogP) is 4.31. The summed E-state index contributed by atoms with van der Waals surface area (Å²) in [6.45, 7) is 14.1. The number of hydrogen-bond donors (Lipinski definition) is 0. The van der Waals surface area contributed by atoms with Gasteiger partial charge < -0.3 is 4.57 Å². The molecule has 0 radical (unpaired) electrons. The van der Waals surface area contributed by atoms with Crippen LogP contribution in [0, 0.1) is 11.3 Å². The van der Waals surface area contributed by atoms with E-state index in [0.717, 1.165) is 35.6 Å². The van der Waals surface area contributed by atoms with E-state index < -0.39 is 0 Å². The van der Waals surface area contributed by atoms with E-state index in [9.17, 15) is 0 Å². The molecule has 2 heterocycles. The highest BCUT2D eigenvalue weighted by Crippen LogP contribution is 2.32. The predicted molar refractivity (Wildman–Crippen MR) is 88.8 cm³/mol. The first-order chi connectivity index (χ1) is 9.66. The molecule has 2 unspecified atom stereocenters. The minimum atomic E-state index is -0.103. The SMILES string of the molecule is CCc1nn(C)c2c1nc(C(C)Cl)n2CC(C)C(C)(C)C. The highest BCUT2D eigenvalue weighted by molar-refractivity contribution is 6.20. The smallest absolute Gasteiger partial charge is 0.158 e. The second-order valence-electron chi connectivity index (χ2n) is 7.06. The maximum Gasteiger partial charge on any atom is 0.158 e. The molecule has 0 N–H and O–H groups in total. The van der Waals surface area contributed by atoms with Crippen LogP contribution in [0.15, 0.2) is 0 Å². The van der Waals surface area contributed by atoms with E-state index in [2.05, 4.69) is 44.3 Å². The summed E-state index contributed by atoms with van der Waals surface area (Å²) in [5.74, 6) is 1.47. The fourth-order valence-electron chi connectivity index (χ4n) is 2.53. The average Bonchev–Trinajstić information content (AvgIpc) is 2.87. The molecular weight excluding hydrogens is 284 g/mol. The zero-order valence-corrected chi connectivity index (χ0v) is 15.0. The van der Waals surface area contributed by atoms with E-state index in [1.165, 1.54) is 0 Å². The van der Waals surface area contributed by atoms with Crippen LogP contribution >= 0.6 is 11.6 Å². The fraction of sp³-hybridized carbons (Fsp3) is 0.750. The standard InChI is InChI=1S/C16H27ClN4/c1-8-12-13-15(20(7)19-12)21(14(18-13)11(3)17)9-10(2)16(4,5)6/h10-11H,8-9H2,1-7H3. The third-order valence-electron chi connectivity index (χ3n) is 4.45. The molecule has 0 aliphatic heterocycles. The minimum Gasteiger partial charge on any atom is -0.311 e. The van der Waals surface area contributed by atoms with Crippen molar-refractivity contribution >= 4 is 22.8 Å². The van der Waals surface area contributed by atoms with Gasteiger partial charge in [0.15, 0.2) is 5.65 Å². The number of rotatable bonds is 4. The zero-order chi connectivity index (χ0) is 15.9. The minimum absolute atomic E-state index is 0.103. The monoisotopic (exact) mass is 310 g/mol. The molecule has 2 aromatic heterocycles. The van der Waals surface area contributed by atoms with Gasteiger partial charge in [0.1, 0.15) is 11.3 Å². The van der Waals surface area contributed by atoms with E-state index >= 15 is 0 Å². The Bertz CT molecular complexity index is 631. The number of hydrogen-bond acceptors (Lipinski definition) is 2. The molecule has 0 aliphatic carbocycles. The van der Waals surface area contributed by atoms with Crippen LogP contribution in [0.5, 0.6) is 0 Å². The molecule has 0 saturated heterocycles. The highest BCUT2D eigenvalue weighted by atomic mass is 35.5. The summed E-state index contributed by atoms with van der Waals surface area (Å²) in [6.07, 6.45) is 0.888. The van der Waals surface area contributed by atoms with Gasteiger partial charge in [-0.25, -0.2) is 4.98 Å². The molecule has 2 atom stereocenters. The van der Waals surface area contributed by atoms with Gasteiger partial charge in [0.25, 0.3) is 0 Å². The number of halogens is 1. The first-order valence-corrected chi connectivity index (χ1v) is 8.16. The summed E-state index contributed by atoms with van der Waals surface area (Å²) >= 11 is 6.37. The maximum atomic E-state index is 6.37. The average molecular weight is 311 g/mol. The lowest BCUT2D eigenvalue weighted by atomic mass is 9.82. The summed E-state index contributed by atoms with van der Waals surface area (Å²) in [5, 5.41) is 4.49. The van der Waals surface area contributed by atoms with Gasteiger partial charge in [0, 0.05) is 13.6 Å². The zero-order valence-electron chi connectivity index (χ0n) is 14.2. The van der Waals surface area contributed by atoms with E-state index in [1.54, 1.807) is 0 Å². The quantitative estimate of drug-likeness (QED) is 0.789. The Morgan fingerprint density at radius 2 is 1.86 bits per heavy atom. The molecule has 0 saturated carbocycles. The Morgan fingerprint density at radius 1 is 1.24 bits per heavy atom. The summed E-state index contributed by atoms with van der Waals surface area (Å²) in [4.78, 5) is 4.79. The second-order valence-corrected chi connectivity index (χ2v) is 7.71. The molecule has 0 spiro atoms. The first-order valence-electron chi connectivity index (χ1n) is 7.72. The van der Waals surface area contributed by atoms with Crippen LogP contribution in [0.4, 0.5) is 0 Å². The van der Waals surface area contributed by atoms with Crippen molar-refractivity contribution in [3.05, 3.63) is 11.5 Å². The lowest BCUT2D eigenvalue weighted by molar-refractivity contribution is 0.232.